The Labute approximate surface area is 148 Å². The number of fused-ring (bicyclic) bond motifs is 1. The molecule has 1 aliphatic heterocycles. The maximum atomic E-state index is 13.7. The van der Waals surface area contributed by atoms with E-state index in [0.29, 0.717) is 13.1 Å². The lowest BCUT2D eigenvalue weighted by Crippen LogP contribution is -2.41. The van der Waals surface area contributed by atoms with E-state index in [4.69, 9.17) is 0 Å². The molecule has 0 bridgehead atoms. The summed E-state index contributed by atoms with van der Waals surface area (Å²) in [6.07, 6.45) is 5.02. The second-order valence-electron chi connectivity index (χ2n) is 6.27. The molecular formula is C18H17F2N5O. The van der Waals surface area contributed by atoms with E-state index < -0.39 is 11.6 Å². The van der Waals surface area contributed by atoms with Crippen LogP contribution < -0.4 is 5.32 Å². The molecule has 1 saturated heterocycles. The maximum absolute atomic E-state index is 13.7. The molecule has 0 atom stereocenters. The highest BCUT2D eigenvalue weighted by Gasteiger charge is 2.25. The molecular weight excluding hydrogens is 340 g/mol. The molecule has 0 unspecified atom stereocenters. The summed E-state index contributed by atoms with van der Waals surface area (Å²) in [6.45, 7) is 1.07. The summed E-state index contributed by atoms with van der Waals surface area (Å²) in [5.41, 5.74) is 1.66. The van der Waals surface area contributed by atoms with Crippen molar-refractivity contribution in [3.8, 4) is 0 Å². The highest BCUT2D eigenvalue weighted by molar-refractivity contribution is 5.89. The zero-order valence-corrected chi connectivity index (χ0v) is 13.9. The lowest BCUT2D eigenvalue weighted by molar-refractivity contribution is 0.184. The molecule has 4 rings (SSSR count). The van der Waals surface area contributed by atoms with Crippen molar-refractivity contribution in [1.29, 1.82) is 0 Å². The standard InChI is InChI=1S/C18H17F2N5O/c19-12-3-4-15(14(20)10-12)23-18(26)24-8-5-13(6-9-24)25-11-22-16-2-1-7-21-17(16)25/h1-4,7,10-11,13H,5-6,8-9H2,(H,23,26). The monoisotopic (exact) mass is 357 g/mol. The number of piperidine rings is 1. The first kappa shape index (κ1) is 16.4. The number of likely N-dealkylation sites (tertiary alicyclic amines) is 1. The maximum Gasteiger partial charge on any atom is 0.321 e. The van der Waals surface area contributed by atoms with Gasteiger partial charge >= 0.3 is 6.03 Å². The van der Waals surface area contributed by atoms with E-state index in [9.17, 15) is 13.6 Å². The van der Waals surface area contributed by atoms with Crippen molar-refractivity contribution < 1.29 is 13.6 Å². The smallest absolute Gasteiger partial charge is 0.321 e. The number of hydrogen-bond donors (Lipinski definition) is 1. The zero-order chi connectivity index (χ0) is 18.1. The molecule has 0 aliphatic carbocycles. The molecule has 3 heterocycles. The molecule has 2 aromatic heterocycles. The number of imidazole rings is 1. The van der Waals surface area contributed by atoms with Crippen molar-refractivity contribution in [1.82, 2.24) is 19.4 Å². The Bertz CT molecular complexity index is 950. The predicted molar refractivity (Wildman–Crippen MR) is 92.7 cm³/mol. The van der Waals surface area contributed by atoms with E-state index in [-0.39, 0.29) is 17.8 Å². The third kappa shape index (κ3) is 3.10. The van der Waals surface area contributed by atoms with Gasteiger partial charge in [0.05, 0.1) is 12.0 Å². The third-order valence-corrected chi connectivity index (χ3v) is 4.65. The van der Waals surface area contributed by atoms with Gasteiger partial charge in [-0.05, 0) is 37.1 Å². The van der Waals surface area contributed by atoms with Crippen LogP contribution in [0.3, 0.4) is 0 Å². The van der Waals surface area contributed by atoms with Crippen LogP contribution in [0.25, 0.3) is 11.2 Å². The second-order valence-corrected chi connectivity index (χ2v) is 6.27. The van der Waals surface area contributed by atoms with E-state index in [2.05, 4.69) is 15.3 Å². The van der Waals surface area contributed by atoms with Crippen LogP contribution in [0.5, 0.6) is 0 Å². The van der Waals surface area contributed by atoms with Crippen molar-refractivity contribution in [2.24, 2.45) is 0 Å². The van der Waals surface area contributed by atoms with Crippen LogP contribution in [-0.4, -0.2) is 38.6 Å². The van der Waals surface area contributed by atoms with Gasteiger partial charge in [-0.2, -0.15) is 0 Å². The Hall–Kier alpha value is -3.03. The molecule has 0 spiro atoms. The Balaban J connectivity index is 1.41. The minimum absolute atomic E-state index is 0.0247. The number of aromatic nitrogens is 3. The third-order valence-electron chi connectivity index (χ3n) is 4.65. The molecule has 6 nitrogen and oxygen atoms in total. The van der Waals surface area contributed by atoms with Gasteiger partial charge in [-0.15, -0.1) is 0 Å². The predicted octanol–water partition coefficient (Wildman–Crippen LogP) is 3.58. The molecule has 134 valence electrons. The largest absolute Gasteiger partial charge is 0.324 e. The topological polar surface area (TPSA) is 63.1 Å². The summed E-state index contributed by atoms with van der Waals surface area (Å²) in [4.78, 5) is 22.7. The lowest BCUT2D eigenvalue weighted by atomic mass is 10.1. The molecule has 0 saturated carbocycles. The Morgan fingerprint density at radius 3 is 2.73 bits per heavy atom. The van der Waals surface area contributed by atoms with E-state index >= 15 is 0 Å². The SMILES string of the molecule is O=C(Nc1ccc(F)cc1F)N1CCC(n2cnc3cccnc32)CC1. The van der Waals surface area contributed by atoms with Crippen LogP contribution in [0, 0.1) is 11.6 Å². The Morgan fingerprint density at radius 1 is 1.15 bits per heavy atom. The van der Waals surface area contributed by atoms with E-state index in [1.807, 2.05) is 16.7 Å². The van der Waals surface area contributed by atoms with Crippen LogP contribution in [0.15, 0.2) is 42.9 Å². The second kappa shape index (κ2) is 6.70. The van der Waals surface area contributed by atoms with Gasteiger partial charge in [0.2, 0.25) is 0 Å². The summed E-state index contributed by atoms with van der Waals surface area (Å²) in [7, 11) is 0. The lowest BCUT2D eigenvalue weighted by Gasteiger charge is -2.32. The number of rotatable bonds is 2. The summed E-state index contributed by atoms with van der Waals surface area (Å²) in [6, 6.07) is 6.67. The molecule has 3 aromatic rings. The van der Waals surface area contributed by atoms with Gasteiger partial charge in [0, 0.05) is 31.4 Å². The summed E-state index contributed by atoms with van der Waals surface area (Å²) in [5, 5.41) is 2.50. The van der Waals surface area contributed by atoms with Gasteiger partial charge in [-0.1, -0.05) is 0 Å². The van der Waals surface area contributed by atoms with Gasteiger partial charge < -0.3 is 14.8 Å². The quantitative estimate of drug-likeness (QED) is 0.762. The van der Waals surface area contributed by atoms with E-state index in [0.717, 1.165) is 36.1 Å². The van der Waals surface area contributed by atoms with Crippen molar-refractivity contribution >= 4 is 22.9 Å². The summed E-state index contributed by atoms with van der Waals surface area (Å²) < 4.78 is 28.7. The van der Waals surface area contributed by atoms with Crippen LogP contribution >= 0.6 is 0 Å². The minimum Gasteiger partial charge on any atom is -0.324 e. The number of halogens is 2. The number of hydrogen-bond acceptors (Lipinski definition) is 3. The fourth-order valence-corrected chi connectivity index (χ4v) is 3.27. The van der Waals surface area contributed by atoms with Crippen LogP contribution in [-0.2, 0) is 0 Å². The Morgan fingerprint density at radius 2 is 1.96 bits per heavy atom. The molecule has 8 heteroatoms. The van der Waals surface area contributed by atoms with Gasteiger partial charge in [0.15, 0.2) is 5.65 Å². The first-order chi connectivity index (χ1) is 12.6. The van der Waals surface area contributed by atoms with Crippen molar-refractivity contribution in [3.05, 3.63) is 54.5 Å². The molecule has 1 aromatic carbocycles. The average Bonchev–Trinajstić information content (AvgIpc) is 3.08. The van der Waals surface area contributed by atoms with Crippen LogP contribution in [0.4, 0.5) is 19.3 Å². The minimum atomic E-state index is -0.788. The normalized spacial score (nSPS) is 15.4. The number of nitrogens with zero attached hydrogens (tertiary/aromatic N) is 4. The summed E-state index contributed by atoms with van der Waals surface area (Å²) in [5.74, 6) is -1.47. The Kier molecular flexibility index (Phi) is 4.24. The first-order valence-electron chi connectivity index (χ1n) is 8.40. The highest BCUT2D eigenvalue weighted by atomic mass is 19.1. The average molecular weight is 357 g/mol. The van der Waals surface area contributed by atoms with Crippen molar-refractivity contribution in [3.63, 3.8) is 0 Å². The molecule has 1 N–H and O–H groups in total. The number of anilines is 1. The van der Waals surface area contributed by atoms with E-state index in [1.165, 1.54) is 6.07 Å². The van der Waals surface area contributed by atoms with Crippen molar-refractivity contribution in [2.75, 3.05) is 18.4 Å². The fraction of sp³-hybridized carbons (Fsp3) is 0.278. The van der Waals surface area contributed by atoms with Gasteiger partial charge in [-0.3, -0.25) is 0 Å². The molecule has 1 fully saturated rings. The van der Waals surface area contributed by atoms with Gasteiger partial charge in [-0.25, -0.2) is 23.5 Å². The van der Waals surface area contributed by atoms with Crippen molar-refractivity contribution in [2.45, 2.75) is 18.9 Å². The first-order valence-corrected chi connectivity index (χ1v) is 8.40. The zero-order valence-electron chi connectivity index (χ0n) is 13.9. The fourth-order valence-electron chi connectivity index (χ4n) is 3.27. The van der Waals surface area contributed by atoms with E-state index in [1.54, 1.807) is 17.4 Å². The van der Waals surface area contributed by atoms with Crippen LogP contribution in [0.1, 0.15) is 18.9 Å². The number of carbonyl (C=O) groups excluding carboxylic acids is 1. The summed E-state index contributed by atoms with van der Waals surface area (Å²) >= 11 is 0. The number of benzene rings is 1. The number of carbonyl (C=O) groups is 1. The number of urea groups is 1. The molecule has 26 heavy (non-hydrogen) atoms. The number of nitrogens with one attached hydrogen (secondary N) is 1. The molecule has 2 amide bonds. The molecule has 0 radical (unpaired) electrons. The van der Waals surface area contributed by atoms with Gasteiger partial charge in [0.25, 0.3) is 0 Å². The number of pyridine rings is 1. The molecule has 1 aliphatic rings. The van der Waals surface area contributed by atoms with Gasteiger partial charge in [0.1, 0.15) is 17.2 Å². The van der Waals surface area contributed by atoms with Crippen LogP contribution in [0.2, 0.25) is 0 Å². The highest BCUT2D eigenvalue weighted by Crippen LogP contribution is 2.26. The number of amides is 2.